The topological polar surface area (TPSA) is 42.9 Å². The third-order valence-electron chi connectivity index (χ3n) is 1.97. The second-order valence-corrected chi connectivity index (χ2v) is 4.37. The highest BCUT2D eigenvalue weighted by Crippen LogP contribution is 2.22. The van der Waals surface area contributed by atoms with E-state index in [4.69, 9.17) is 11.6 Å². The number of ketones is 1. The van der Waals surface area contributed by atoms with Gasteiger partial charge in [0.25, 0.3) is 0 Å². The van der Waals surface area contributed by atoms with Gasteiger partial charge in [0.1, 0.15) is 5.69 Å². The van der Waals surface area contributed by atoms with Crippen molar-refractivity contribution in [1.29, 1.82) is 0 Å². The summed E-state index contributed by atoms with van der Waals surface area (Å²) in [5.74, 6) is -0.237. The number of carbonyl (C=O) groups excluding carboxylic acids is 1. The molecule has 16 heavy (non-hydrogen) atoms. The van der Waals surface area contributed by atoms with E-state index in [0.29, 0.717) is 10.6 Å². The quantitative estimate of drug-likeness (QED) is 0.800. The van der Waals surface area contributed by atoms with Gasteiger partial charge in [-0.25, -0.2) is 4.98 Å². The zero-order valence-electron chi connectivity index (χ0n) is 8.02. The van der Waals surface area contributed by atoms with Crippen LogP contribution in [0, 0.1) is 0 Å². The maximum absolute atomic E-state index is 12.0. The van der Waals surface area contributed by atoms with Crippen molar-refractivity contribution in [3.05, 3.63) is 57.5 Å². The van der Waals surface area contributed by atoms with E-state index in [2.05, 4.69) is 25.9 Å². The van der Waals surface area contributed by atoms with Crippen LogP contribution in [-0.2, 0) is 0 Å². The molecule has 0 aliphatic rings. The Labute approximate surface area is 106 Å². The van der Waals surface area contributed by atoms with Crippen LogP contribution in [0.1, 0.15) is 16.1 Å². The minimum Gasteiger partial charge on any atom is -0.287 e. The summed E-state index contributed by atoms with van der Waals surface area (Å²) < 4.78 is 0.796. The van der Waals surface area contributed by atoms with Crippen LogP contribution in [0.4, 0.5) is 0 Å². The summed E-state index contributed by atoms with van der Waals surface area (Å²) in [6.45, 7) is 0. The molecule has 3 nitrogen and oxygen atoms in total. The lowest BCUT2D eigenvalue weighted by molar-refractivity contribution is 0.103. The van der Waals surface area contributed by atoms with E-state index in [9.17, 15) is 4.79 Å². The Balaban J connectivity index is 2.46. The standard InChI is InChI=1S/C11H6BrClN2O/c12-7-1-2-9(13)8(5-7)11(16)10-6-14-3-4-15-10/h1-6H. The summed E-state index contributed by atoms with van der Waals surface area (Å²) in [4.78, 5) is 19.8. The van der Waals surface area contributed by atoms with Crippen molar-refractivity contribution in [1.82, 2.24) is 9.97 Å². The number of halogens is 2. The molecule has 0 amide bonds. The molecule has 0 saturated heterocycles. The van der Waals surface area contributed by atoms with Crippen molar-refractivity contribution in [3.63, 3.8) is 0 Å². The first-order valence-corrected chi connectivity index (χ1v) is 5.61. The van der Waals surface area contributed by atoms with Gasteiger partial charge in [0.15, 0.2) is 0 Å². The van der Waals surface area contributed by atoms with Gasteiger partial charge in [-0.2, -0.15) is 0 Å². The maximum Gasteiger partial charge on any atom is 0.214 e. The number of rotatable bonds is 2. The second kappa shape index (κ2) is 4.72. The van der Waals surface area contributed by atoms with E-state index in [1.54, 1.807) is 18.2 Å². The van der Waals surface area contributed by atoms with E-state index in [0.717, 1.165) is 4.47 Å². The highest BCUT2D eigenvalue weighted by molar-refractivity contribution is 9.10. The number of hydrogen-bond acceptors (Lipinski definition) is 3. The largest absolute Gasteiger partial charge is 0.287 e. The van der Waals surface area contributed by atoms with Gasteiger partial charge in [0.05, 0.1) is 11.2 Å². The number of aromatic nitrogens is 2. The van der Waals surface area contributed by atoms with Gasteiger partial charge in [-0.1, -0.05) is 27.5 Å². The first-order valence-electron chi connectivity index (χ1n) is 4.44. The molecule has 0 bridgehead atoms. The normalized spacial score (nSPS) is 10.1. The minimum absolute atomic E-state index is 0.237. The summed E-state index contributed by atoms with van der Waals surface area (Å²) in [7, 11) is 0. The fraction of sp³-hybridized carbons (Fsp3) is 0. The van der Waals surface area contributed by atoms with Crippen molar-refractivity contribution in [2.75, 3.05) is 0 Å². The van der Waals surface area contributed by atoms with Crippen molar-refractivity contribution in [3.8, 4) is 0 Å². The number of carbonyl (C=O) groups is 1. The Hall–Kier alpha value is -1.26. The average molecular weight is 298 g/mol. The second-order valence-electron chi connectivity index (χ2n) is 3.04. The molecule has 2 aromatic rings. The highest BCUT2D eigenvalue weighted by atomic mass is 79.9. The molecular weight excluding hydrogens is 291 g/mol. The van der Waals surface area contributed by atoms with Crippen molar-refractivity contribution in [2.45, 2.75) is 0 Å². The zero-order chi connectivity index (χ0) is 11.5. The molecule has 1 heterocycles. The third-order valence-corrected chi connectivity index (χ3v) is 2.79. The van der Waals surface area contributed by atoms with Crippen LogP contribution >= 0.6 is 27.5 Å². The van der Waals surface area contributed by atoms with Crippen molar-refractivity contribution >= 4 is 33.3 Å². The monoisotopic (exact) mass is 296 g/mol. The lowest BCUT2D eigenvalue weighted by Gasteiger charge is -2.02. The van der Waals surface area contributed by atoms with Crippen LogP contribution in [0.25, 0.3) is 0 Å². The van der Waals surface area contributed by atoms with Gasteiger partial charge in [-0.05, 0) is 18.2 Å². The summed E-state index contributed by atoms with van der Waals surface area (Å²) in [6, 6.07) is 5.10. The van der Waals surface area contributed by atoms with Gasteiger partial charge in [0.2, 0.25) is 5.78 Å². The van der Waals surface area contributed by atoms with E-state index in [1.807, 2.05) is 0 Å². The van der Waals surface area contributed by atoms with E-state index in [1.165, 1.54) is 18.6 Å². The van der Waals surface area contributed by atoms with E-state index in [-0.39, 0.29) is 11.5 Å². The van der Waals surface area contributed by atoms with Gasteiger partial charge in [-0.3, -0.25) is 9.78 Å². The average Bonchev–Trinajstić information content (AvgIpc) is 2.32. The summed E-state index contributed by atoms with van der Waals surface area (Å²) in [6.07, 6.45) is 4.40. The van der Waals surface area contributed by atoms with Gasteiger partial charge in [-0.15, -0.1) is 0 Å². The summed E-state index contributed by atoms with van der Waals surface area (Å²) in [5, 5.41) is 0.402. The van der Waals surface area contributed by atoms with E-state index >= 15 is 0 Å². The molecule has 1 aromatic heterocycles. The summed E-state index contributed by atoms with van der Waals surface area (Å²) >= 11 is 9.24. The van der Waals surface area contributed by atoms with Crippen LogP contribution in [0.5, 0.6) is 0 Å². The molecule has 0 atom stereocenters. The Morgan fingerprint density at radius 3 is 2.81 bits per heavy atom. The fourth-order valence-corrected chi connectivity index (χ4v) is 1.79. The number of hydrogen-bond donors (Lipinski definition) is 0. The Bertz CT molecular complexity index is 531. The molecule has 0 fully saturated rings. The molecule has 2 rings (SSSR count). The molecule has 0 unspecified atom stereocenters. The Morgan fingerprint density at radius 1 is 1.31 bits per heavy atom. The minimum atomic E-state index is -0.237. The van der Waals surface area contributed by atoms with Crippen LogP contribution in [0.2, 0.25) is 5.02 Å². The molecule has 0 radical (unpaired) electrons. The van der Waals surface area contributed by atoms with Crippen LogP contribution in [0.15, 0.2) is 41.3 Å². The van der Waals surface area contributed by atoms with Gasteiger partial charge < -0.3 is 0 Å². The molecule has 0 aliphatic carbocycles. The van der Waals surface area contributed by atoms with Gasteiger partial charge in [0, 0.05) is 22.4 Å². The van der Waals surface area contributed by atoms with Crippen molar-refractivity contribution in [2.24, 2.45) is 0 Å². The van der Waals surface area contributed by atoms with E-state index < -0.39 is 0 Å². The predicted molar refractivity (Wildman–Crippen MR) is 64.6 cm³/mol. The van der Waals surface area contributed by atoms with Gasteiger partial charge >= 0.3 is 0 Å². The summed E-state index contributed by atoms with van der Waals surface area (Å²) in [5.41, 5.74) is 0.694. The zero-order valence-corrected chi connectivity index (χ0v) is 10.4. The molecule has 80 valence electrons. The number of benzene rings is 1. The fourth-order valence-electron chi connectivity index (χ4n) is 1.23. The Morgan fingerprint density at radius 2 is 2.12 bits per heavy atom. The maximum atomic E-state index is 12.0. The molecular formula is C11H6BrClN2O. The smallest absolute Gasteiger partial charge is 0.214 e. The molecule has 5 heteroatoms. The Kier molecular flexibility index (Phi) is 3.31. The SMILES string of the molecule is O=C(c1cnccn1)c1cc(Br)ccc1Cl. The molecule has 1 aromatic carbocycles. The van der Waals surface area contributed by atoms with Crippen molar-refractivity contribution < 1.29 is 4.79 Å². The van der Waals surface area contributed by atoms with Crippen LogP contribution in [-0.4, -0.2) is 15.8 Å². The highest BCUT2D eigenvalue weighted by Gasteiger charge is 2.14. The molecule has 0 aliphatic heterocycles. The number of nitrogens with zero attached hydrogens (tertiary/aromatic N) is 2. The molecule has 0 saturated carbocycles. The predicted octanol–water partition coefficient (Wildman–Crippen LogP) is 3.12. The lowest BCUT2D eigenvalue weighted by Crippen LogP contribution is -2.05. The van der Waals surface area contributed by atoms with Crippen LogP contribution < -0.4 is 0 Å². The first-order chi connectivity index (χ1) is 7.68. The molecule has 0 N–H and O–H groups in total. The lowest BCUT2D eigenvalue weighted by atomic mass is 10.1. The molecule has 0 spiro atoms. The van der Waals surface area contributed by atoms with Crippen LogP contribution in [0.3, 0.4) is 0 Å². The first kappa shape index (κ1) is 11.2. The third kappa shape index (κ3) is 2.28.